The average Bonchev–Trinajstić information content (AvgIpc) is 2.89. The molecule has 1 aromatic carbocycles. The fourth-order valence-electron chi connectivity index (χ4n) is 2.38. The van der Waals surface area contributed by atoms with Crippen LogP contribution in [0.15, 0.2) is 60.8 Å². The molecule has 0 bridgehead atoms. The summed E-state index contributed by atoms with van der Waals surface area (Å²) in [4.78, 5) is 16.3. The molecule has 3 aromatic rings. The third-order valence-electron chi connectivity index (χ3n) is 3.57. The molecule has 3 rings (SSSR count). The predicted octanol–water partition coefficient (Wildman–Crippen LogP) is 3.88. The summed E-state index contributed by atoms with van der Waals surface area (Å²) < 4.78 is 1.84. The zero-order valence-electron chi connectivity index (χ0n) is 12.6. The first kappa shape index (κ1) is 15.3. The normalized spacial score (nSPS) is 12.6. The SMILES string of the molecule is C[C@@H](NC(=O)/C=C/c1c(Cl)nc2ccccn12)c1ccccc1. The average molecular weight is 326 g/mol. The molecule has 4 nitrogen and oxygen atoms in total. The highest BCUT2D eigenvalue weighted by molar-refractivity contribution is 6.31. The van der Waals surface area contributed by atoms with Crippen molar-refractivity contribution in [3.05, 3.63) is 77.2 Å². The molecule has 0 saturated heterocycles. The second-order valence-electron chi connectivity index (χ2n) is 5.19. The van der Waals surface area contributed by atoms with Gasteiger partial charge in [-0.05, 0) is 30.7 Å². The smallest absolute Gasteiger partial charge is 0.244 e. The minimum atomic E-state index is -0.177. The molecular weight excluding hydrogens is 310 g/mol. The standard InChI is InChI=1S/C18H16ClN3O/c1-13(14-7-3-2-4-8-14)20-17(23)11-10-15-18(19)21-16-9-5-6-12-22(15)16/h2-13H,1H3,(H,20,23)/b11-10+/t13-/m1/s1. The number of halogens is 1. The molecule has 116 valence electrons. The predicted molar refractivity (Wildman–Crippen MR) is 92.2 cm³/mol. The van der Waals surface area contributed by atoms with Crippen molar-refractivity contribution in [1.82, 2.24) is 14.7 Å². The molecule has 0 aliphatic rings. The Balaban J connectivity index is 1.74. The first-order valence-corrected chi connectivity index (χ1v) is 7.69. The molecule has 0 aliphatic carbocycles. The Hall–Kier alpha value is -2.59. The lowest BCUT2D eigenvalue weighted by molar-refractivity contribution is -0.117. The summed E-state index contributed by atoms with van der Waals surface area (Å²) >= 11 is 6.14. The monoisotopic (exact) mass is 325 g/mol. The first-order chi connectivity index (χ1) is 11.1. The van der Waals surface area contributed by atoms with Crippen molar-refractivity contribution in [1.29, 1.82) is 0 Å². The van der Waals surface area contributed by atoms with Gasteiger partial charge in [-0.15, -0.1) is 0 Å². The summed E-state index contributed by atoms with van der Waals surface area (Å²) in [5.41, 5.74) is 2.49. The number of amides is 1. The van der Waals surface area contributed by atoms with E-state index in [2.05, 4.69) is 10.3 Å². The lowest BCUT2D eigenvalue weighted by Crippen LogP contribution is -2.24. The number of hydrogen-bond donors (Lipinski definition) is 1. The van der Waals surface area contributed by atoms with E-state index < -0.39 is 0 Å². The van der Waals surface area contributed by atoms with Crippen LogP contribution in [0.5, 0.6) is 0 Å². The van der Waals surface area contributed by atoms with Gasteiger partial charge in [0.05, 0.1) is 11.7 Å². The number of pyridine rings is 1. The molecule has 23 heavy (non-hydrogen) atoms. The van der Waals surface area contributed by atoms with Gasteiger partial charge < -0.3 is 5.32 Å². The minimum Gasteiger partial charge on any atom is -0.346 e. The Morgan fingerprint density at radius 1 is 1.22 bits per heavy atom. The molecule has 5 heteroatoms. The van der Waals surface area contributed by atoms with Crippen molar-refractivity contribution in [3.63, 3.8) is 0 Å². The summed E-state index contributed by atoms with van der Waals surface area (Å²) in [5.74, 6) is -0.177. The molecule has 0 aliphatic heterocycles. The minimum absolute atomic E-state index is 0.0639. The highest BCUT2D eigenvalue weighted by atomic mass is 35.5. The number of nitrogens with one attached hydrogen (secondary N) is 1. The van der Waals surface area contributed by atoms with Crippen LogP contribution in [0.2, 0.25) is 5.15 Å². The highest BCUT2D eigenvalue weighted by Crippen LogP contribution is 2.19. The van der Waals surface area contributed by atoms with Crippen LogP contribution < -0.4 is 5.32 Å². The van der Waals surface area contributed by atoms with Gasteiger partial charge in [-0.3, -0.25) is 9.20 Å². The molecule has 2 heterocycles. The number of carbonyl (C=O) groups excluding carboxylic acids is 1. The fraction of sp³-hybridized carbons (Fsp3) is 0.111. The Labute approximate surface area is 139 Å². The molecular formula is C18H16ClN3O. The largest absolute Gasteiger partial charge is 0.346 e. The van der Waals surface area contributed by atoms with Gasteiger partial charge in [-0.1, -0.05) is 48.0 Å². The third-order valence-corrected chi connectivity index (χ3v) is 3.85. The van der Waals surface area contributed by atoms with Crippen LogP contribution in [0.3, 0.4) is 0 Å². The van der Waals surface area contributed by atoms with Gasteiger partial charge >= 0.3 is 0 Å². The molecule has 0 radical (unpaired) electrons. The van der Waals surface area contributed by atoms with E-state index >= 15 is 0 Å². The van der Waals surface area contributed by atoms with Gasteiger partial charge in [0.1, 0.15) is 5.65 Å². The van der Waals surface area contributed by atoms with Crippen LogP contribution in [-0.4, -0.2) is 15.3 Å². The number of hydrogen-bond acceptors (Lipinski definition) is 2. The van der Waals surface area contributed by atoms with Crippen molar-refractivity contribution in [2.75, 3.05) is 0 Å². The van der Waals surface area contributed by atoms with E-state index in [0.717, 1.165) is 11.2 Å². The first-order valence-electron chi connectivity index (χ1n) is 7.31. The maximum atomic E-state index is 12.1. The Morgan fingerprint density at radius 3 is 2.74 bits per heavy atom. The van der Waals surface area contributed by atoms with E-state index in [0.29, 0.717) is 10.8 Å². The van der Waals surface area contributed by atoms with Crippen molar-refractivity contribution < 1.29 is 4.79 Å². The van der Waals surface area contributed by atoms with Crippen molar-refractivity contribution >= 4 is 29.2 Å². The number of fused-ring (bicyclic) bond motifs is 1. The molecule has 2 aromatic heterocycles. The molecule has 0 unspecified atom stereocenters. The molecule has 0 fully saturated rings. The quantitative estimate of drug-likeness (QED) is 0.740. The number of imidazole rings is 1. The van der Waals surface area contributed by atoms with E-state index in [-0.39, 0.29) is 11.9 Å². The van der Waals surface area contributed by atoms with Crippen LogP contribution in [0, 0.1) is 0 Å². The van der Waals surface area contributed by atoms with Gasteiger partial charge in [-0.25, -0.2) is 4.98 Å². The number of nitrogens with zero attached hydrogens (tertiary/aromatic N) is 2. The number of benzene rings is 1. The van der Waals surface area contributed by atoms with Crippen LogP contribution in [0.4, 0.5) is 0 Å². The summed E-state index contributed by atoms with van der Waals surface area (Å²) in [6.07, 6.45) is 5.01. The van der Waals surface area contributed by atoms with Crippen LogP contribution in [-0.2, 0) is 4.79 Å². The number of carbonyl (C=O) groups is 1. The zero-order chi connectivity index (χ0) is 16.2. The summed E-state index contributed by atoms with van der Waals surface area (Å²) in [7, 11) is 0. The highest BCUT2D eigenvalue weighted by Gasteiger charge is 2.09. The fourth-order valence-corrected chi connectivity index (χ4v) is 2.62. The number of aromatic nitrogens is 2. The summed E-state index contributed by atoms with van der Waals surface area (Å²) in [6, 6.07) is 15.4. The Bertz CT molecular complexity index is 855. The second kappa shape index (κ2) is 6.67. The van der Waals surface area contributed by atoms with E-state index in [1.54, 1.807) is 6.08 Å². The van der Waals surface area contributed by atoms with E-state index in [4.69, 9.17) is 11.6 Å². The van der Waals surface area contributed by atoms with Crippen molar-refractivity contribution in [3.8, 4) is 0 Å². The van der Waals surface area contributed by atoms with Gasteiger partial charge in [0.25, 0.3) is 0 Å². The van der Waals surface area contributed by atoms with Crippen LogP contribution in [0.25, 0.3) is 11.7 Å². The van der Waals surface area contributed by atoms with Crippen molar-refractivity contribution in [2.24, 2.45) is 0 Å². The summed E-state index contributed by atoms with van der Waals surface area (Å²) in [6.45, 7) is 1.95. The van der Waals surface area contributed by atoms with E-state index in [1.165, 1.54) is 6.08 Å². The maximum Gasteiger partial charge on any atom is 0.244 e. The number of rotatable bonds is 4. The van der Waals surface area contributed by atoms with Gasteiger partial charge in [-0.2, -0.15) is 0 Å². The lowest BCUT2D eigenvalue weighted by atomic mass is 10.1. The Kier molecular flexibility index (Phi) is 4.44. The van der Waals surface area contributed by atoms with E-state index in [1.807, 2.05) is 66.1 Å². The second-order valence-corrected chi connectivity index (χ2v) is 5.55. The molecule has 1 amide bonds. The molecule has 0 spiro atoms. The maximum absolute atomic E-state index is 12.1. The van der Waals surface area contributed by atoms with Crippen LogP contribution >= 0.6 is 11.6 Å². The van der Waals surface area contributed by atoms with Crippen molar-refractivity contribution in [2.45, 2.75) is 13.0 Å². The van der Waals surface area contributed by atoms with Gasteiger partial charge in [0.2, 0.25) is 5.91 Å². The van der Waals surface area contributed by atoms with E-state index in [9.17, 15) is 4.79 Å². The summed E-state index contributed by atoms with van der Waals surface area (Å²) in [5, 5.41) is 3.30. The Morgan fingerprint density at radius 2 is 1.96 bits per heavy atom. The zero-order valence-corrected chi connectivity index (χ0v) is 13.4. The topological polar surface area (TPSA) is 46.4 Å². The lowest BCUT2D eigenvalue weighted by Gasteiger charge is -2.12. The molecule has 1 N–H and O–H groups in total. The molecule has 0 saturated carbocycles. The van der Waals surface area contributed by atoms with Gasteiger partial charge in [0.15, 0.2) is 5.15 Å². The van der Waals surface area contributed by atoms with Gasteiger partial charge in [0, 0.05) is 12.3 Å². The van der Waals surface area contributed by atoms with Crippen LogP contribution in [0.1, 0.15) is 24.2 Å². The third kappa shape index (κ3) is 3.43. The molecule has 1 atom stereocenters.